The Morgan fingerprint density at radius 3 is 2.95 bits per heavy atom. The lowest BCUT2D eigenvalue weighted by Gasteiger charge is -2.22. The van der Waals surface area contributed by atoms with Crippen LogP contribution in [0.1, 0.15) is 17.4 Å². The van der Waals surface area contributed by atoms with E-state index in [1.807, 2.05) is 0 Å². The molecule has 102 valence electrons. The molecule has 2 aromatic rings. The van der Waals surface area contributed by atoms with E-state index in [-0.39, 0.29) is 11.4 Å². The van der Waals surface area contributed by atoms with Crippen molar-refractivity contribution in [2.75, 3.05) is 5.32 Å². The van der Waals surface area contributed by atoms with Gasteiger partial charge in [0.2, 0.25) is 5.95 Å². The normalized spacial score (nSPS) is 17.1. The first-order valence-electron chi connectivity index (χ1n) is 5.99. The first kappa shape index (κ1) is 12.2. The van der Waals surface area contributed by atoms with Crippen LogP contribution in [0.3, 0.4) is 0 Å². The predicted molar refractivity (Wildman–Crippen MR) is 70.3 cm³/mol. The van der Waals surface area contributed by atoms with Crippen LogP contribution in [-0.2, 0) is 4.79 Å². The highest BCUT2D eigenvalue weighted by molar-refractivity contribution is 5.90. The number of allylic oxidation sites excluding steroid dienone is 1. The van der Waals surface area contributed by atoms with Crippen molar-refractivity contribution < 1.29 is 15.0 Å². The zero-order valence-electron chi connectivity index (χ0n) is 10.6. The van der Waals surface area contributed by atoms with Crippen LogP contribution in [0, 0.1) is 6.92 Å². The Bertz CT molecular complexity index is 720. The minimum absolute atomic E-state index is 0.0400. The molecule has 2 heterocycles. The van der Waals surface area contributed by atoms with Crippen molar-refractivity contribution in [1.29, 1.82) is 0 Å². The third-order valence-electron chi connectivity index (χ3n) is 3.01. The summed E-state index contributed by atoms with van der Waals surface area (Å²) in [6.07, 6.45) is 1.54. The van der Waals surface area contributed by atoms with Crippen LogP contribution in [0.2, 0.25) is 0 Å². The van der Waals surface area contributed by atoms with Crippen LogP contribution in [0.5, 0.6) is 5.75 Å². The highest BCUT2D eigenvalue weighted by atomic mass is 16.4. The molecule has 3 rings (SSSR count). The predicted octanol–water partition coefficient (Wildman–Crippen LogP) is 1.28. The molecule has 7 heteroatoms. The number of hydrogen-bond donors (Lipinski definition) is 3. The fourth-order valence-corrected chi connectivity index (χ4v) is 2.17. The van der Waals surface area contributed by atoms with Gasteiger partial charge in [-0.1, -0.05) is 12.1 Å². The van der Waals surface area contributed by atoms with Crippen molar-refractivity contribution in [2.24, 2.45) is 0 Å². The number of aromatic hydroxyl groups is 1. The lowest BCUT2D eigenvalue weighted by Crippen LogP contribution is -2.24. The fourth-order valence-electron chi connectivity index (χ4n) is 2.17. The van der Waals surface area contributed by atoms with Crippen molar-refractivity contribution in [3.8, 4) is 5.75 Å². The lowest BCUT2D eigenvalue weighted by atomic mass is 10.0. The van der Waals surface area contributed by atoms with Gasteiger partial charge in [0.05, 0.1) is 0 Å². The molecule has 0 saturated carbocycles. The van der Waals surface area contributed by atoms with Gasteiger partial charge >= 0.3 is 5.97 Å². The highest BCUT2D eigenvalue weighted by Gasteiger charge is 2.26. The quantitative estimate of drug-likeness (QED) is 0.761. The molecule has 20 heavy (non-hydrogen) atoms. The maximum Gasteiger partial charge on any atom is 0.352 e. The van der Waals surface area contributed by atoms with Crippen molar-refractivity contribution >= 4 is 11.9 Å². The van der Waals surface area contributed by atoms with Gasteiger partial charge in [-0.05, 0) is 30.7 Å². The second kappa shape index (κ2) is 4.37. The molecule has 7 nitrogen and oxygen atoms in total. The molecule has 0 fully saturated rings. The van der Waals surface area contributed by atoms with Gasteiger partial charge in [0.15, 0.2) is 0 Å². The molecule has 0 bridgehead atoms. The minimum atomic E-state index is -1.07. The standard InChI is InChI=1S/C13H12N4O3/c1-7-14-13-15-10(12(19)20)6-11(17(13)16-7)8-3-2-4-9(18)5-8/h2-6,11,18H,1H3,(H,19,20)(H,14,15,16). The van der Waals surface area contributed by atoms with E-state index < -0.39 is 12.0 Å². The molecular weight excluding hydrogens is 260 g/mol. The first-order valence-corrected chi connectivity index (χ1v) is 5.99. The molecule has 0 radical (unpaired) electrons. The Hall–Kier alpha value is -2.83. The van der Waals surface area contributed by atoms with Gasteiger partial charge in [0, 0.05) is 0 Å². The Morgan fingerprint density at radius 1 is 1.45 bits per heavy atom. The summed E-state index contributed by atoms with van der Waals surface area (Å²) in [6.45, 7) is 1.73. The van der Waals surface area contributed by atoms with Crippen LogP contribution in [0.25, 0.3) is 0 Å². The van der Waals surface area contributed by atoms with E-state index in [0.717, 1.165) is 5.56 Å². The molecule has 1 atom stereocenters. The van der Waals surface area contributed by atoms with E-state index in [2.05, 4.69) is 15.4 Å². The largest absolute Gasteiger partial charge is 0.508 e. The fraction of sp³-hybridized carbons (Fsp3) is 0.154. The zero-order valence-corrected chi connectivity index (χ0v) is 10.6. The number of anilines is 1. The smallest absolute Gasteiger partial charge is 0.352 e. The number of phenols is 1. The van der Waals surface area contributed by atoms with Crippen LogP contribution in [0.15, 0.2) is 36.0 Å². The van der Waals surface area contributed by atoms with E-state index in [9.17, 15) is 9.90 Å². The van der Waals surface area contributed by atoms with Crippen LogP contribution in [-0.4, -0.2) is 30.9 Å². The van der Waals surface area contributed by atoms with Crippen molar-refractivity contribution in [3.63, 3.8) is 0 Å². The van der Waals surface area contributed by atoms with Gasteiger partial charge in [0.25, 0.3) is 0 Å². The Kier molecular flexibility index (Phi) is 2.67. The van der Waals surface area contributed by atoms with Crippen LogP contribution < -0.4 is 5.32 Å². The summed E-state index contributed by atoms with van der Waals surface area (Å²) >= 11 is 0. The van der Waals surface area contributed by atoms with Crippen molar-refractivity contribution in [1.82, 2.24) is 14.8 Å². The molecule has 1 aromatic heterocycles. The second-order valence-electron chi connectivity index (χ2n) is 4.48. The Morgan fingerprint density at radius 2 is 2.25 bits per heavy atom. The molecule has 1 aromatic carbocycles. The number of fused-ring (bicyclic) bond motifs is 1. The average molecular weight is 272 g/mol. The molecule has 0 amide bonds. The van der Waals surface area contributed by atoms with Gasteiger partial charge in [-0.15, -0.1) is 0 Å². The number of phenolic OH excluding ortho intramolecular Hbond substituents is 1. The minimum Gasteiger partial charge on any atom is -0.508 e. The van der Waals surface area contributed by atoms with Gasteiger partial charge < -0.3 is 15.5 Å². The molecule has 1 aliphatic heterocycles. The summed E-state index contributed by atoms with van der Waals surface area (Å²) in [5, 5.41) is 25.7. The van der Waals surface area contributed by atoms with Crippen molar-refractivity contribution in [3.05, 3.63) is 47.4 Å². The average Bonchev–Trinajstić information content (AvgIpc) is 2.77. The SMILES string of the molecule is Cc1nc2n(n1)C(c1cccc(O)c1)C=C(C(=O)O)N2. The second-order valence-corrected chi connectivity index (χ2v) is 4.48. The number of carbonyl (C=O) groups is 1. The number of carboxylic acid groups (broad SMARTS) is 1. The number of aryl methyl sites for hydroxylation is 1. The number of rotatable bonds is 2. The van der Waals surface area contributed by atoms with Crippen LogP contribution in [0.4, 0.5) is 5.95 Å². The number of benzene rings is 1. The highest BCUT2D eigenvalue weighted by Crippen LogP contribution is 2.30. The van der Waals surface area contributed by atoms with E-state index >= 15 is 0 Å². The Labute approximate surface area is 114 Å². The molecular formula is C13H12N4O3. The Balaban J connectivity index is 2.14. The van der Waals surface area contributed by atoms with Gasteiger partial charge in [0.1, 0.15) is 23.3 Å². The lowest BCUT2D eigenvalue weighted by molar-refractivity contribution is -0.132. The number of hydrogen-bond acceptors (Lipinski definition) is 5. The number of aromatic nitrogens is 3. The summed E-state index contributed by atoms with van der Waals surface area (Å²) < 4.78 is 1.59. The molecule has 0 spiro atoms. The summed E-state index contributed by atoms with van der Waals surface area (Å²) in [5.74, 6) is -0.0415. The van der Waals surface area contributed by atoms with Crippen molar-refractivity contribution in [2.45, 2.75) is 13.0 Å². The van der Waals surface area contributed by atoms with E-state index in [0.29, 0.717) is 11.8 Å². The number of carboxylic acids is 1. The number of nitrogens with zero attached hydrogens (tertiary/aromatic N) is 3. The van der Waals surface area contributed by atoms with E-state index in [1.165, 1.54) is 6.08 Å². The summed E-state index contributed by atoms with van der Waals surface area (Å²) in [4.78, 5) is 15.3. The zero-order chi connectivity index (χ0) is 14.3. The number of aliphatic carboxylic acids is 1. The maximum atomic E-state index is 11.2. The number of nitrogens with one attached hydrogen (secondary N) is 1. The van der Waals surface area contributed by atoms with E-state index in [4.69, 9.17) is 5.11 Å². The molecule has 3 N–H and O–H groups in total. The van der Waals surface area contributed by atoms with Crippen LogP contribution >= 0.6 is 0 Å². The molecule has 0 aliphatic carbocycles. The monoisotopic (exact) mass is 272 g/mol. The third kappa shape index (κ3) is 1.99. The molecule has 1 unspecified atom stereocenters. The van der Waals surface area contributed by atoms with Gasteiger partial charge in [-0.25, -0.2) is 9.48 Å². The molecule has 0 saturated heterocycles. The molecule has 1 aliphatic rings. The van der Waals surface area contributed by atoms with Gasteiger partial charge in [-0.3, -0.25) is 0 Å². The van der Waals surface area contributed by atoms with Gasteiger partial charge in [-0.2, -0.15) is 10.1 Å². The maximum absolute atomic E-state index is 11.2. The first-order chi connectivity index (χ1) is 9.54. The summed E-state index contributed by atoms with van der Waals surface area (Å²) in [6, 6.07) is 6.20. The summed E-state index contributed by atoms with van der Waals surface area (Å²) in [5.41, 5.74) is 0.773. The third-order valence-corrected chi connectivity index (χ3v) is 3.01. The summed E-state index contributed by atoms with van der Waals surface area (Å²) in [7, 11) is 0. The van der Waals surface area contributed by atoms with E-state index in [1.54, 1.807) is 35.9 Å². The topological polar surface area (TPSA) is 100 Å².